The Morgan fingerprint density at radius 1 is 1.46 bits per heavy atom. The quantitative estimate of drug-likeness (QED) is 0.549. The first kappa shape index (κ1) is 16.8. The van der Waals surface area contributed by atoms with Crippen LogP contribution in [0.3, 0.4) is 0 Å². The molecule has 0 saturated carbocycles. The Morgan fingerprint density at radius 2 is 2.21 bits per heavy atom. The van der Waals surface area contributed by atoms with Crippen LogP contribution in [-0.2, 0) is 4.74 Å². The average Bonchev–Trinajstić information content (AvgIpc) is 3.05. The van der Waals surface area contributed by atoms with Gasteiger partial charge in [-0.2, -0.15) is 9.97 Å². The van der Waals surface area contributed by atoms with Crippen molar-refractivity contribution in [2.45, 2.75) is 44.3 Å². The van der Waals surface area contributed by atoms with Gasteiger partial charge >= 0.3 is 0 Å². The van der Waals surface area contributed by atoms with Crippen LogP contribution in [0.25, 0.3) is 11.2 Å². The van der Waals surface area contributed by atoms with Crippen LogP contribution in [-0.4, -0.2) is 65.9 Å². The van der Waals surface area contributed by atoms with Crippen molar-refractivity contribution in [1.29, 1.82) is 0 Å². The second kappa shape index (κ2) is 6.13. The van der Waals surface area contributed by atoms with Crippen LogP contribution in [0.2, 0.25) is 0 Å². The smallest absolute Gasteiger partial charge is 0.247 e. The molecule has 10 heteroatoms. The van der Waals surface area contributed by atoms with E-state index in [1.807, 2.05) is 6.92 Å². The minimum absolute atomic E-state index is 0.00718. The largest absolute Gasteiger partial charge is 0.476 e. The first-order valence-corrected chi connectivity index (χ1v) is 7.69. The number of hydrogen-bond acceptors (Lipinski definition) is 9. The molecule has 2 aromatic heterocycles. The van der Waals surface area contributed by atoms with Crippen LogP contribution >= 0.6 is 0 Å². The number of hydrogen-bond donors (Lipinski definition) is 4. The second-order valence-corrected chi connectivity index (χ2v) is 5.94. The minimum Gasteiger partial charge on any atom is -0.476 e. The average molecular weight is 339 g/mol. The number of aliphatic hydroxyl groups excluding tert-OH is 2. The molecule has 5 N–H and O–H groups in total. The van der Waals surface area contributed by atoms with Crippen molar-refractivity contribution in [1.82, 2.24) is 19.5 Å². The van der Waals surface area contributed by atoms with Gasteiger partial charge in [-0.05, 0) is 13.3 Å². The lowest BCUT2D eigenvalue weighted by molar-refractivity contribution is -0.0950. The highest BCUT2D eigenvalue weighted by Gasteiger charge is 2.53. The maximum atomic E-state index is 10.6. The van der Waals surface area contributed by atoms with Gasteiger partial charge in [0.25, 0.3) is 0 Å². The molecule has 1 fully saturated rings. The molecule has 0 spiro atoms. The summed E-state index contributed by atoms with van der Waals surface area (Å²) in [6.07, 6.45) is -0.986. The lowest BCUT2D eigenvalue weighted by atomic mass is 9.96. The number of fused-ring (bicyclic) bond motifs is 1. The van der Waals surface area contributed by atoms with Gasteiger partial charge in [0, 0.05) is 0 Å². The van der Waals surface area contributed by atoms with Crippen LogP contribution < -0.4 is 10.5 Å². The topological polar surface area (TPSA) is 149 Å². The number of aliphatic hydroxyl groups is 3. The first-order chi connectivity index (χ1) is 11.4. The Balaban J connectivity index is 2.06. The maximum absolute atomic E-state index is 10.6. The van der Waals surface area contributed by atoms with Gasteiger partial charge in [-0.15, -0.1) is 0 Å². The Bertz CT molecular complexity index is 734. The molecule has 132 valence electrons. The number of nitrogens with two attached hydrogens (primary N) is 1. The standard InChI is InChI=1S/C14H21N5O5/c1-3-4-23-11-8-10(17-13(15)18-11)19(6-16-8)12-14(2,22)9(21)7(5-20)24-12/h6-7,9,12,20-22H,3-5H2,1-2H3,(H2,15,17,18)/t7-,9-,12-,14-/m1/s1. The van der Waals surface area contributed by atoms with Crippen LogP contribution in [0, 0.1) is 0 Å². The van der Waals surface area contributed by atoms with Gasteiger partial charge in [-0.25, -0.2) is 4.98 Å². The minimum atomic E-state index is -1.65. The number of rotatable bonds is 5. The van der Waals surface area contributed by atoms with E-state index in [9.17, 15) is 15.3 Å². The van der Waals surface area contributed by atoms with Crippen molar-refractivity contribution < 1.29 is 24.8 Å². The molecule has 0 aromatic carbocycles. The highest BCUT2D eigenvalue weighted by Crippen LogP contribution is 2.39. The summed E-state index contributed by atoms with van der Waals surface area (Å²) in [5.41, 5.74) is 4.77. The number of anilines is 1. The third kappa shape index (κ3) is 2.57. The summed E-state index contributed by atoms with van der Waals surface area (Å²) < 4.78 is 12.6. The highest BCUT2D eigenvalue weighted by atomic mass is 16.6. The molecular formula is C14H21N5O5. The van der Waals surface area contributed by atoms with E-state index in [0.717, 1.165) is 6.42 Å². The van der Waals surface area contributed by atoms with Gasteiger partial charge in [-0.1, -0.05) is 6.92 Å². The SMILES string of the molecule is CCCOc1nc(N)nc2c1ncn2[C@@H]1O[C@H](CO)[C@@H](O)[C@@]1(C)O. The zero-order valence-electron chi connectivity index (χ0n) is 13.5. The molecule has 1 aliphatic heterocycles. The summed E-state index contributed by atoms with van der Waals surface area (Å²) in [5, 5.41) is 30.0. The fraction of sp³-hybridized carbons (Fsp3) is 0.643. The van der Waals surface area contributed by atoms with Crippen molar-refractivity contribution in [3.05, 3.63) is 6.33 Å². The van der Waals surface area contributed by atoms with Gasteiger partial charge in [0.15, 0.2) is 17.4 Å². The molecule has 0 aliphatic carbocycles. The molecule has 0 bridgehead atoms. The summed E-state index contributed by atoms with van der Waals surface area (Å²) in [4.78, 5) is 12.4. The third-order valence-electron chi connectivity index (χ3n) is 4.04. The van der Waals surface area contributed by atoms with Crippen molar-refractivity contribution in [2.75, 3.05) is 18.9 Å². The van der Waals surface area contributed by atoms with E-state index in [-0.39, 0.29) is 11.8 Å². The van der Waals surface area contributed by atoms with E-state index in [4.69, 9.17) is 15.2 Å². The molecule has 2 aromatic rings. The molecule has 24 heavy (non-hydrogen) atoms. The molecule has 10 nitrogen and oxygen atoms in total. The number of aromatic nitrogens is 4. The lowest BCUT2D eigenvalue weighted by Crippen LogP contribution is -2.44. The zero-order valence-corrected chi connectivity index (χ0v) is 13.5. The fourth-order valence-corrected chi connectivity index (χ4v) is 2.77. The van der Waals surface area contributed by atoms with Crippen molar-refractivity contribution >= 4 is 17.1 Å². The lowest BCUT2D eigenvalue weighted by Gasteiger charge is -2.27. The predicted octanol–water partition coefficient (Wildman–Crippen LogP) is -0.801. The van der Waals surface area contributed by atoms with Gasteiger partial charge in [-0.3, -0.25) is 4.57 Å². The monoisotopic (exact) mass is 339 g/mol. The van der Waals surface area contributed by atoms with Crippen molar-refractivity contribution in [2.24, 2.45) is 0 Å². The Kier molecular flexibility index (Phi) is 4.30. The summed E-state index contributed by atoms with van der Waals surface area (Å²) in [6, 6.07) is 0. The zero-order chi connectivity index (χ0) is 17.5. The summed E-state index contributed by atoms with van der Waals surface area (Å²) in [5.74, 6) is 0.238. The van der Waals surface area contributed by atoms with E-state index >= 15 is 0 Å². The van der Waals surface area contributed by atoms with Gasteiger partial charge in [0.05, 0.1) is 19.5 Å². The summed E-state index contributed by atoms with van der Waals surface area (Å²) in [7, 11) is 0. The third-order valence-corrected chi connectivity index (χ3v) is 4.04. The van der Waals surface area contributed by atoms with E-state index in [1.165, 1.54) is 17.8 Å². The second-order valence-electron chi connectivity index (χ2n) is 5.94. The predicted molar refractivity (Wildman–Crippen MR) is 83.1 cm³/mol. The van der Waals surface area contributed by atoms with Gasteiger partial charge in [0.2, 0.25) is 11.8 Å². The van der Waals surface area contributed by atoms with Gasteiger partial charge < -0.3 is 30.5 Å². The highest BCUT2D eigenvalue weighted by molar-refractivity contribution is 5.77. The molecule has 0 amide bonds. The number of nitrogens with zero attached hydrogens (tertiary/aromatic N) is 4. The molecule has 1 aliphatic rings. The van der Waals surface area contributed by atoms with Crippen LogP contribution in [0.15, 0.2) is 6.33 Å². The molecule has 3 rings (SSSR count). The molecule has 1 saturated heterocycles. The van der Waals surface area contributed by atoms with E-state index in [0.29, 0.717) is 17.8 Å². The molecule has 0 radical (unpaired) electrons. The van der Waals surface area contributed by atoms with Crippen LogP contribution in [0.5, 0.6) is 5.88 Å². The van der Waals surface area contributed by atoms with Crippen molar-refractivity contribution in [3.8, 4) is 5.88 Å². The van der Waals surface area contributed by atoms with E-state index < -0.39 is 30.6 Å². The Labute approximate surface area is 137 Å². The van der Waals surface area contributed by atoms with Gasteiger partial charge in [0.1, 0.15) is 17.8 Å². The first-order valence-electron chi connectivity index (χ1n) is 7.69. The normalized spacial score (nSPS) is 30.1. The Morgan fingerprint density at radius 3 is 2.83 bits per heavy atom. The number of nitrogen functional groups attached to an aromatic ring is 1. The maximum Gasteiger partial charge on any atom is 0.247 e. The summed E-state index contributed by atoms with van der Waals surface area (Å²) in [6.45, 7) is 3.40. The molecular weight excluding hydrogens is 318 g/mol. The fourth-order valence-electron chi connectivity index (χ4n) is 2.77. The van der Waals surface area contributed by atoms with E-state index in [2.05, 4.69) is 15.0 Å². The number of imidazole rings is 1. The van der Waals surface area contributed by atoms with Crippen LogP contribution in [0.4, 0.5) is 5.95 Å². The molecule has 4 atom stereocenters. The molecule has 3 heterocycles. The van der Waals surface area contributed by atoms with Crippen LogP contribution in [0.1, 0.15) is 26.5 Å². The number of ether oxygens (including phenoxy) is 2. The van der Waals surface area contributed by atoms with E-state index in [1.54, 1.807) is 0 Å². The summed E-state index contributed by atoms with van der Waals surface area (Å²) >= 11 is 0. The Hall–Kier alpha value is -2.01. The molecule has 0 unspecified atom stereocenters. The van der Waals surface area contributed by atoms with Crippen molar-refractivity contribution in [3.63, 3.8) is 0 Å².